The Balaban J connectivity index is 1.49. The fourth-order valence-electron chi connectivity index (χ4n) is 10.4. The van der Waals surface area contributed by atoms with Crippen molar-refractivity contribution in [3.05, 3.63) is 69.4 Å². The number of phenolic OH excluding ortho intramolecular Hbond substituents is 2. The van der Waals surface area contributed by atoms with Crippen LogP contribution in [0.2, 0.25) is 5.02 Å². The number of halogens is 1. The summed E-state index contributed by atoms with van der Waals surface area (Å²) in [5, 5.41) is 23.8. The van der Waals surface area contributed by atoms with Crippen LogP contribution < -0.4 is 0 Å². The van der Waals surface area contributed by atoms with Crippen molar-refractivity contribution in [3.63, 3.8) is 0 Å². The summed E-state index contributed by atoms with van der Waals surface area (Å²) in [6.07, 6.45) is 13.5. The molecule has 3 nitrogen and oxygen atoms in total. The first-order chi connectivity index (χ1) is 18.8. The number of fused-ring (bicyclic) bond motifs is 8. The van der Waals surface area contributed by atoms with Crippen molar-refractivity contribution in [3.8, 4) is 11.5 Å². The number of benzene rings is 2. The van der Waals surface area contributed by atoms with Gasteiger partial charge in [0.05, 0.1) is 0 Å². The highest BCUT2D eigenvalue weighted by atomic mass is 35.5. The summed E-state index contributed by atoms with van der Waals surface area (Å²) in [5.74, 6) is 1.47. The number of aromatic nitrogens is 1. The summed E-state index contributed by atoms with van der Waals surface area (Å²) in [4.78, 5) is 3.49. The molecule has 1 aromatic heterocycles. The molecule has 4 heteroatoms. The van der Waals surface area contributed by atoms with Crippen LogP contribution in [0.3, 0.4) is 0 Å². The Morgan fingerprint density at radius 2 is 1.75 bits per heavy atom. The first-order valence-corrected chi connectivity index (χ1v) is 15.8. The van der Waals surface area contributed by atoms with Crippen LogP contribution in [0.15, 0.2) is 42.1 Å². The maximum absolute atomic E-state index is 11.0. The summed E-state index contributed by atoms with van der Waals surface area (Å²) in [5.41, 5.74) is 7.43. The zero-order valence-electron chi connectivity index (χ0n) is 24.9. The highest BCUT2D eigenvalue weighted by Gasteiger charge is 2.65. The Labute approximate surface area is 244 Å². The third-order valence-electron chi connectivity index (χ3n) is 13.1. The molecule has 2 aromatic carbocycles. The quantitative estimate of drug-likeness (QED) is 0.206. The summed E-state index contributed by atoms with van der Waals surface area (Å²) >= 11 is 6.52. The SMILES string of the molecule is Cc1c(O)c(O)cc2c1[C@H](c1c[nH]c3ccc(Cl)cc13)C=C1C3(C)CC[C@@]4(C)CC[C@H](C)CC4[C@]3(C)CC[C@]12C. The van der Waals surface area contributed by atoms with Gasteiger partial charge in [0.15, 0.2) is 11.5 Å². The van der Waals surface area contributed by atoms with Gasteiger partial charge < -0.3 is 15.2 Å². The predicted octanol–water partition coefficient (Wildman–Crippen LogP) is 9.91. The molecule has 4 aliphatic carbocycles. The molecule has 7 atom stereocenters. The minimum absolute atomic E-state index is 0.00133. The molecule has 0 spiro atoms. The molecule has 1 heterocycles. The molecule has 3 aromatic rings. The topological polar surface area (TPSA) is 56.2 Å². The van der Waals surface area contributed by atoms with Crippen molar-refractivity contribution in [2.24, 2.45) is 28.1 Å². The fourth-order valence-corrected chi connectivity index (χ4v) is 10.6. The normalized spacial score (nSPS) is 38.7. The van der Waals surface area contributed by atoms with E-state index in [1.807, 2.05) is 19.1 Å². The molecule has 3 N–H and O–H groups in total. The van der Waals surface area contributed by atoms with Crippen molar-refractivity contribution in [2.45, 2.75) is 97.8 Å². The minimum Gasteiger partial charge on any atom is -0.504 e. The van der Waals surface area contributed by atoms with E-state index in [9.17, 15) is 10.2 Å². The van der Waals surface area contributed by atoms with Crippen LogP contribution in [0.1, 0.15) is 108 Å². The van der Waals surface area contributed by atoms with E-state index < -0.39 is 0 Å². The molecule has 0 aliphatic heterocycles. The Morgan fingerprint density at radius 1 is 0.975 bits per heavy atom. The molecular weight excluding hydrogens is 514 g/mol. The molecule has 4 aliphatic rings. The Morgan fingerprint density at radius 3 is 2.52 bits per heavy atom. The van der Waals surface area contributed by atoms with Crippen LogP contribution in [0.5, 0.6) is 11.5 Å². The van der Waals surface area contributed by atoms with Gasteiger partial charge in [0.25, 0.3) is 0 Å². The Bertz CT molecular complexity index is 1590. The van der Waals surface area contributed by atoms with Gasteiger partial charge in [0, 0.05) is 33.5 Å². The summed E-state index contributed by atoms with van der Waals surface area (Å²) in [7, 11) is 0. The number of aromatic hydroxyl groups is 2. The van der Waals surface area contributed by atoms with Gasteiger partial charge in [0.1, 0.15) is 0 Å². The molecule has 0 amide bonds. The number of aromatic amines is 1. The van der Waals surface area contributed by atoms with Crippen LogP contribution in [0.4, 0.5) is 0 Å². The molecule has 3 fully saturated rings. The van der Waals surface area contributed by atoms with Gasteiger partial charge in [-0.25, -0.2) is 0 Å². The molecule has 0 radical (unpaired) electrons. The maximum atomic E-state index is 11.0. The molecule has 40 heavy (non-hydrogen) atoms. The standard InChI is InChI=1S/C36H44ClNO2/c1-20-9-10-33(3)11-13-36(6)30-17-24(25-19-38-27-8-7-22(37)16-23(25)27)31-21(2)32(40)28(39)18-26(31)34(30,4)12-14-35(36,5)29(33)15-20/h7-8,16-20,24,29,38-40H,9-15H2,1-6H3/t20-,24-,29?,33+,34-,35-,36?/m0/s1. The van der Waals surface area contributed by atoms with Crippen molar-refractivity contribution in [1.82, 2.24) is 4.98 Å². The number of nitrogens with one attached hydrogen (secondary N) is 1. The number of hydrogen-bond donors (Lipinski definition) is 3. The van der Waals surface area contributed by atoms with Gasteiger partial charge in [-0.15, -0.1) is 0 Å². The lowest BCUT2D eigenvalue weighted by Crippen LogP contribution is -2.61. The zero-order chi connectivity index (χ0) is 28.4. The number of rotatable bonds is 1. The van der Waals surface area contributed by atoms with E-state index in [-0.39, 0.29) is 33.7 Å². The summed E-state index contributed by atoms with van der Waals surface area (Å²) in [6, 6.07) is 7.93. The van der Waals surface area contributed by atoms with Crippen molar-refractivity contribution in [1.29, 1.82) is 0 Å². The third-order valence-corrected chi connectivity index (χ3v) is 13.3. The van der Waals surface area contributed by atoms with E-state index >= 15 is 0 Å². The van der Waals surface area contributed by atoms with Crippen molar-refractivity contribution < 1.29 is 10.2 Å². The molecular formula is C36H44ClNO2. The fraction of sp³-hybridized carbons (Fsp3) is 0.556. The second-order valence-corrected chi connectivity index (χ2v) is 15.4. The summed E-state index contributed by atoms with van der Waals surface area (Å²) in [6.45, 7) is 14.6. The lowest BCUT2D eigenvalue weighted by atomic mass is 9.35. The predicted molar refractivity (Wildman–Crippen MR) is 164 cm³/mol. The highest BCUT2D eigenvalue weighted by Crippen LogP contribution is 2.74. The molecule has 2 unspecified atom stereocenters. The molecule has 7 rings (SSSR count). The lowest BCUT2D eigenvalue weighted by molar-refractivity contribution is -0.145. The first kappa shape index (κ1) is 26.5. The second-order valence-electron chi connectivity index (χ2n) is 15.0. The average Bonchev–Trinajstić information content (AvgIpc) is 3.33. The van der Waals surface area contributed by atoms with Gasteiger partial charge in [-0.2, -0.15) is 0 Å². The minimum atomic E-state index is -0.187. The van der Waals surface area contributed by atoms with Gasteiger partial charge in [0.2, 0.25) is 0 Å². The Hall–Kier alpha value is -2.39. The molecule has 0 saturated heterocycles. The first-order valence-electron chi connectivity index (χ1n) is 15.4. The van der Waals surface area contributed by atoms with Crippen LogP contribution in [-0.4, -0.2) is 15.2 Å². The van der Waals surface area contributed by atoms with Gasteiger partial charge in [-0.1, -0.05) is 64.3 Å². The largest absolute Gasteiger partial charge is 0.504 e. The number of H-pyrrole nitrogens is 1. The third kappa shape index (κ3) is 3.25. The van der Waals surface area contributed by atoms with E-state index in [0.717, 1.165) is 45.3 Å². The van der Waals surface area contributed by atoms with E-state index in [1.54, 1.807) is 5.57 Å². The monoisotopic (exact) mass is 557 g/mol. The van der Waals surface area contributed by atoms with Crippen molar-refractivity contribution in [2.75, 3.05) is 0 Å². The number of hydrogen-bond acceptors (Lipinski definition) is 2. The molecule has 212 valence electrons. The molecule has 0 bridgehead atoms. The summed E-state index contributed by atoms with van der Waals surface area (Å²) < 4.78 is 0. The van der Waals surface area contributed by atoms with Crippen LogP contribution >= 0.6 is 11.6 Å². The number of phenols is 2. The Kier molecular flexibility index (Phi) is 5.53. The average molecular weight is 558 g/mol. The van der Waals surface area contributed by atoms with Crippen LogP contribution in [0.25, 0.3) is 10.9 Å². The van der Waals surface area contributed by atoms with Gasteiger partial charge >= 0.3 is 0 Å². The zero-order valence-corrected chi connectivity index (χ0v) is 25.7. The smallest absolute Gasteiger partial charge is 0.160 e. The lowest BCUT2D eigenvalue weighted by Gasteiger charge is -2.69. The van der Waals surface area contributed by atoms with Gasteiger partial charge in [-0.3, -0.25) is 0 Å². The van der Waals surface area contributed by atoms with Gasteiger partial charge in [-0.05, 0) is 120 Å². The molecule has 3 saturated carbocycles. The highest BCUT2D eigenvalue weighted by molar-refractivity contribution is 6.31. The van der Waals surface area contributed by atoms with E-state index in [1.165, 1.54) is 49.7 Å². The van der Waals surface area contributed by atoms with Crippen molar-refractivity contribution >= 4 is 22.5 Å². The maximum Gasteiger partial charge on any atom is 0.160 e. The van der Waals surface area contributed by atoms with E-state index in [0.29, 0.717) is 5.41 Å². The van der Waals surface area contributed by atoms with Crippen LogP contribution in [0, 0.1) is 35.0 Å². The van der Waals surface area contributed by atoms with Crippen LogP contribution in [-0.2, 0) is 5.41 Å². The van der Waals surface area contributed by atoms with E-state index in [4.69, 9.17) is 11.6 Å². The number of allylic oxidation sites excluding steroid dienone is 2. The second kappa shape index (κ2) is 8.34. The van der Waals surface area contributed by atoms with E-state index in [2.05, 4.69) is 64.0 Å².